The minimum Gasteiger partial charge on any atom is -0.381 e. The first-order chi connectivity index (χ1) is 9.28. The molecule has 0 aromatic rings. The van der Waals surface area contributed by atoms with Gasteiger partial charge in [-0.2, -0.15) is 0 Å². The molecule has 2 aliphatic rings. The monoisotopic (exact) mass is 270 g/mol. The summed E-state index contributed by atoms with van der Waals surface area (Å²) in [7, 11) is 0. The topological polar surface area (TPSA) is 31.0 Å². The zero-order valence-corrected chi connectivity index (χ0v) is 12.6. The lowest BCUT2D eigenvalue weighted by molar-refractivity contribution is 0.0367. The van der Waals surface area contributed by atoms with Gasteiger partial charge in [0, 0.05) is 19.8 Å². The molecule has 0 N–H and O–H groups in total. The lowest BCUT2D eigenvalue weighted by Gasteiger charge is -2.28. The highest BCUT2D eigenvalue weighted by molar-refractivity contribution is 4.73. The molecule has 2 atom stereocenters. The first-order valence-corrected chi connectivity index (χ1v) is 8.05. The van der Waals surface area contributed by atoms with Crippen LogP contribution in [-0.2, 0) is 14.2 Å². The lowest BCUT2D eigenvalue weighted by atomic mass is 9.83. The van der Waals surface area contributed by atoms with E-state index < -0.39 is 0 Å². The largest absolute Gasteiger partial charge is 0.381 e. The molecule has 19 heavy (non-hydrogen) atoms. The highest BCUT2D eigenvalue weighted by atomic mass is 16.6. The Hall–Kier alpha value is -0.120. The third kappa shape index (κ3) is 6.24. The summed E-state index contributed by atoms with van der Waals surface area (Å²) in [5, 5.41) is 0. The average molecular weight is 270 g/mol. The second-order valence-corrected chi connectivity index (χ2v) is 6.43. The molecule has 2 rings (SSSR count). The molecule has 1 heterocycles. The fourth-order valence-electron chi connectivity index (χ4n) is 2.65. The maximum absolute atomic E-state index is 5.83. The quantitative estimate of drug-likeness (QED) is 0.603. The predicted octanol–water partition coefficient (Wildman–Crippen LogP) is 3.27. The van der Waals surface area contributed by atoms with Crippen molar-refractivity contribution in [3.05, 3.63) is 0 Å². The van der Waals surface area contributed by atoms with E-state index in [4.69, 9.17) is 14.2 Å². The first-order valence-electron chi connectivity index (χ1n) is 8.05. The van der Waals surface area contributed by atoms with Gasteiger partial charge in [-0.1, -0.05) is 20.3 Å². The van der Waals surface area contributed by atoms with Crippen LogP contribution in [0.1, 0.15) is 46.0 Å². The van der Waals surface area contributed by atoms with Crippen molar-refractivity contribution in [3.63, 3.8) is 0 Å². The van der Waals surface area contributed by atoms with Crippen molar-refractivity contribution in [1.82, 2.24) is 0 Å². The first kappa shape index (κ1) is 15.3. The summed E-state index contributed by atoms with van der Waals surface area (Å²) >= 11 is 0. The Morgan fingerprint density at radius 2 is 1.58 bits per heavy atom. The second-order valence-electron chi connectivity index (χ2n) is 6.43. The van der Waals surface area contributed by atoms with Gasteiger partial charge >= 0.3 is 0 Å². The van der Waals surface area contributed by atoms with Crippen LogP contribution in [0.4, 0.5) is 0 Å². The van der Waals surface area contributed by atoms with E-state index in [1.165, 1.54) is 32.1 Å². The summed E-state index contributed by atoms with van der Waals surface area (Å²) in [6.07, 6.45) is 6.87. The molecule has 3 heteroatoms. The third-order valence-electron chi connectivity index (χ3n) is 4.48. The zero-order valence-electron chi connectivity index (χ0n) is 12.6. The highest BCUT2D eigenvalue weighted by Gasteiger charge is 2.25. The predicted molar refractivity (Wildman–Crippen MR) is 76.3 cm³/mol. The van der Waals surface area contributed by atoms with Gasteiger partial charge in [-0.3, -0.25) is 0 Å². The van der Waals surface area contributed by atoms with Crippen LogP contribution in [0.5, 0.6) is 0 Å². The molecule has 0 aromatic heterocycles. The van der Waals surface area contributed by atoms with Gasteiger partial charge in [-0.05, 0) is 43.4 Å². The molecule has 0 amide bonds. The Balaban J connectivity index is 1.47. The molecule has 1 aliphatic heterocycles. The van der Waals surface area contributed by atoms with Crippen molar-refractivity contribution >= 4 is 0 Å². The Morgan fingerprint density at radius 3 is 2.11 bits per heavy atom. The third-order valence-corrected chi connectivity index (χ3v) is 4.48. The number of hydrogen-bond acceptors (Lipinski definition) is 3. The second kappa shape index (κ2) is 8.23. The molecule has 0 aromatic carbocycles. The zero-order chi connectivity index (χ0) is 13.5. The summed E-state index contributed by atoms with van der Waals surface area (Å²) in [5.41, 5.74) is 0. The number of epoxide rings is 1. The van der Waals surface area contributed by atoms with Gasteiger partial charge in [0.25, 0.3) is 0 Å². The minimum atomic E-state index is 0.408. The highest BCUT2D eigenvalue weighted by Crippen LogP contribution is 2.29. The molecule has 3 nitrogen and oxygen atoms in total. The summed E-state index contributed by atoms with van der Waals surface area (Å²) in [4.78, 5) is 0. The fourth-order valence-corrected chi connectivity index (χ4v) is 2.65. The van der Waals surface area contributed by atoms with Crippen molar-refractivity contribution in [2.45, 2.75) is 52.1 Å². The van der Waals surface area contributed by atoms with Gasteiger partial charge in [0.15, 0.2) is 0 Å². The van der Waals surface area contributed by atoms with E-state index in [1.54, 1.807) is 0 Å². The van der Waals surface area contributed by atoms with E-state index >= 15 is 0 Å². The lowest BCUT2D eigenvalue weighted by Crippen LogP contribution is -2.23. The fraction of sp³-hybridized carbons (Fsp3) is 1.00. The van der Waals surface area contributed by atoms with Gasteiger partial charge in [0.2, 0.25) is 0 Å². The standard InChI is InChI=1S/C16H30O3/c1-3-13(2)8-17-9-14-4-6-15(7-5-14)10-18-11-16-12-19-16/h13-16H,3-12H2,1-2H3. The number of hydrogen-bond donors (Lipinski definition) is 0. The van der Waals surface area contributed by atoms with Crippen LogP contribution in [-0.4, -0.2) is 39.1 Å². The van der Waals surface area contributed by atoms with E-state index in [2.05, 4.69) is 13.8 Å². The van der Waals surface area contributed by atoms with Crippen molar-refractivity contribution in [2.24, 2.45) is 17.8 Å². The van der Waals surface area contributed by atoms with E-state index in [0.717, 1.165) is 44.9 Å². The molecule has 0 bridgehead atoms. The van der Waals surface area contributed by atoms with Crippen molar-refractivity contribution in [1.29, 1.82) is 0 Å². The van der Waals surface area contributed by atoms with Gasteiger partial charge in [-0.25, -0.2) is 0 Å². The molecule has 2 unspecified atom stereocenters. The minimum absolute atomic E-state index is 0.408. The summed E-state index contributed by atoms with van der Waals surface area (Å²) in [5.74, 6) is 2.26. The average Bonchev–Trinajstić information content (AvgIpc) is 3.24. The molecular formula is C16H30O3. The van der Waals surface area contributed by atoms with Crippen LogP contribution in [0.15, 0.2) is 0 Å². The number of rotatable bonds is 9. The molecule has 1 saturated carbocycles. The molecule has 0 radical (unpaired) electrons. The van der Waals surface area contributed by atoms with Gasteiger partial charge in [-0.15, -0.1) is 0 Å². The van der Waals surface area contributed by atoms with Crippen LogP contribution in [0.25, 0.3) is 0 Å². The molecule has 112 valence electrons. The molecule has 1 saturated heterocycles. The number of ether oxygens (including phenoxy) is 3. The van der Waals surface area contributed by atoms with E-state index in [1.807, 2.05) is 0 Å². The van der Waals surface area contributed by atoms with Crippen LogP contribution < -0.4 is 0 Å². The van der Waals surface area contributed by atoms with Crippen LogP contribution in [0.2, 0.25) is 0 Å². The van der Waals surface area contributed by atoms with Crippen molar-refractivity contribution in [3.8, 4) is 0 Å². The van der Waals surface area contributed by atoms with Gasteiger partial charge in [0.1, 0.15) is 6.10 Å². The van der Waals surface area contributed by atoms with Crippen LogP contribution >= 0.6 is 0 Å². The van der Waals surface area contributed by atoms with Crippen molar-refractivity contribution in [2.75, 3.05) is 33.0 Å². The normalized spacial score (nSPS) is 32.2. The summed E-state index contributed by atoms with van der Waals surface area (Å²) in [6, 6.07) is 0. The Kier molecular flexibility index (Phi) is 6.62. The molecule has 0 spiro atoms. The van der Waals surface area contributed by atoms with E-state index in [0.29, 0.717) is 12.0 Å². The van der Waals surface area contributed by atoms with E-state index in [9.17, 15) is 0 Å². The van der Waals surface area contributed by atoms with Gasteiger partial charge in [0.05, 0.1) is 13.2 Å². The Morgan fingerprint density at radius 1 is 1.00 bits per heavy atom. The molecule has 2 fully saturated rings. The molecule has 1 aliphatic carbocycles. The van der Waals surface area contributed by atoms with Gasteiger partial charge < -0.3 is 14.2 Å². The Labute approximate surface area is 118 Å². The maximum atomic E-state index is 5.83. The van der Waals surface area contributed by atoms with Crippen LogP contribution in [0, 0.1) is 17.8 Å². The van der Waals surface area contributed by atoms with Crippen molar-refractivity contribution < 1.29 is 14.2 Å². The van der Waals surface area contributed by atoms with Crippen LogP contribution in [0.3, 0.4) is 0 Å². The summed E-state index contributed by atoms with van der Waals surface area (Å²) < 4.78 is 16.7. The van der Waals surface area contributed by atoms with E-state index in [-0.39, 0.29) is 0 Å². The Bertz CT molecular complexity index is 232. The molecular weight excluding hydrogens is 240 g/mol. The maximum Gasteiger partial charge on any atom is 0.104 e. The smallest absolute Gasteiger partial charge is 0.104 e. The summed E-state index contributed by atoms with van der Waals surface area (Å²) in [6.45, 7) is 9.02. The SMILES string of the molecule is CCC(C)COCC1CCC(COCC2CO2)CC1.